The fourth-order valence-electron chi connectivity index (χ4n) is 4.97. The highest BCUT2D eigenvalue weighted by molar-refractivity contribution is 7.92. The number of hydrogen-bond acceptors (Lipinski definition) is 6. The predicted molar refractivity (Wildman–Crippen MR) is 180 cm³/mol. The summed E-state index contributed by atoms with van der Waals surface area (Å²) in [6, 6.07) is 27.7. The molecule has 9 nitrogen and oxygen atoms in total. The summed E-state index contributed by atoms with van der Waals surface area (Å²) in [5.41, 5.74) is 1.53. The van der Waals surface area contributed by atoms with Crippen LogP contribution in [0.1, 0.15) is 25.0 Å². The second-order valence-corrected chi connectivity index (χ2v) is 13.1. The number of rotatable bonds is 14. The zero-order valence-electron chi connectivity index (χ0n) is 26.2. The van der Waals surface area contributed by atoms with Crippen molar-refractivity contribution in [3.8, 4) is 11.5 Å². The van der Waals surface area contributed by atoms with Gasteiger partial charge < -0.3 is 19.7 Å². The topological polar surface area (TPSA) is 105 Å². The molecule has 1 atom stereocenters. The number of ether oxygens (including phenoxy) is 2. The smallest absolute Gasteiger partial charge is 0.264 e. The zero-order chi connectivity index (χ0) is 33.3. The molecule has 4 aromatic rings. The maximum Gasteiger partial charge on any atom is 0.264 e. The highest BCUT2D eigenvalue weighted by Gasteiger charge is 2.36. The Morgan fingerprint density at radius 2 is 1.48 bits per heavy atom. The van der Waals surface area contributed by atoms with Crippen molar-refractivity contribution in [1.29, 1.82) is 0 Å². The second-order valence-electron chi connectivity index (χ2n) is 10.8. The van der Waals surface area contributed by atoms with Gasteiger partial charge in [-0.3, -0.25) is 13.9 Å². The molecule has 242 valence electrons. The summed E-state index contributed by atoms with van der Waals surface area (Å²) in [6.07, 6.45) is 0.184. The molecular weight excluding hydrogens is 626 g/mol. The minimum atomic E-state index is -4.32. The molecule has 0 spiro atoms. The number of carbonyl (C=O) groups excluding carboxylic acids is 2. The Kier molecular flexibility index (Phi) is 11.7. The molecule has 0 aromatic heterocycles. The standard InChI is InChI=1S/C35H38ClN3O6S/c1-25(2)37-35(41)32(21-26-13-7-5-8-14-26)38(23-27-15-11-12-18-30(27)36)34(40)24-39(46(42,43)29-16-9-6-10-17-29)31-22-28(44-3)19-20-33(31)45-4/h5-20,22,25,32H,21,23-24H2,1-4H3,(H,37,41)/t32-/m0/s1. The molecular formula is C35H38ClN3O6S. The van der Waals surface area contributed by atoms with Crippen LogP contribution in [0.25, 0.3) is 0 Å². The van der Waals surface area contributed by atoms with E-state index in [4.69, 9.17) is 21.1 Å². The summed E-state index contributed by atoms with van der Waals surface area (Å²) >= 11 is 6.55. The van der Waals surface area contributed by atoms with Crippen LogP contribution < -0.4 is 19.1 Å². The van der Waals surface area contributed by atoms with Gasteiger partial charge in [0.2, 0.25) is 11.8 Å². The Labute approximate surface area is 275 Å². The third kappa shape index (κ3) is 8.38. The number of halogens is 1. The zero-order valence-corrected chi connectivity index (χ0v) is 27.8. The molecule has 0 unspecified atom stereocenters. The maximum atomic E-state index is 14.6. The molecule has 0 aliphatic heterocycles. The van der Waals surface area contributed by atoms with E-state index in [9.17, 15) is 18.0 Å². The molecule has 0 saturated carbocycles. The summed E-state index contributed by atoms with van der Waals surface area (Å²) < 4.78 is 40.5. The Morgan fingerprint density at radius 3 is 2.09 bits per heavy atom. The lowest BCUT2D eigenvalue weighted by Crippen LogP contribution is -2.54. The van der Waals surface area contributed by atoms with E-state index in [2.05, 4.69) is 5.32 Å². The number of benzene rings is 4. The minimum Gasteiger partial charge on any atom is -0.497 e. The van der Waals surface area contributed by atoms with Gasteiger partial charge in [0.25, 0.3) is 10.0 Å². The molecule has 11 heteroatoms. The molecule has 2 amide bonds. The third-order valence-electron chi connectivity index (χ3n) is 7.27. The van der Waals surface area contributed by atoms with Crippen LogP contribution in [0.4, 0.5) is 5.69 Å². The van der Waals surface area contributed by atoms with Gasteiger partial charge in [0.15, 0.2) is 0 Å². The monoisotopic (exact) mass is 663 g/mol. The van der Waals surface area contributed by atoms with Crippen LogP contribution in [-0.2, 0) is 32.6 Å². The molecule has 0 radical (unpaired) electrons. The molecule has 0 fully saturated rings. The molecule has 0 saturated heterocycles. The lowest BCUT2D eigenvalue weighted by molar-refractivity contribution is -0.140. The number of hydrogen-bond donors (Lipinski definition) is 1. The number of nitrogens with zero attached hydrogens (tertiary/aromatic N) is 2. The average Bonchev–Trinajstić information content (AvgIpc) is 3.06. The molecule has 4 aromatic carbocycles. The average molecular weight is 664 g/mol. The van der Waals surface area contributed by atoms with Crippen LogP contribution in [0.3, 0.4) is 0 Å². The van der Waals surface area contributed by atoms with Gasteiger partial charge in [-0.2, -0.15) is 0 Å². The number of carbonyl (C=O) groups is 2. The van der Waals surface area contributed by atoms with Crippen LogP contribution in [0.15, 0.2) is 108 Å². The number of amides is 2. The predicted octanol–water partition coefficient (Wildman–Crippen LogP) is 5.72. The summed E-state index contributed by atoms with van der Waals surface area (Å²) in [7, 11) is -1.45. The van der Waals surface area contributed by atoms with Crippen LogP contribution in [0.5, 0.6) is 11.5 Å². The van der Waals surface area contributed by atoms with Gasteiger partial charge in [-0.25, -0.2) is 8.42 Å². The quantitative estimate of drug-likeness (QED) is 0.185. The maximum absolute atomic E-state index is 14.6. The van der Waals surface area contributed by atoms with E-state index < -0.39 is 28.5 Å². The number of sulfonamides is 1. The van der Waals surface area contributed by atoms with Crippen LogP contribution in [0.2, 0.25) is 5.02 Å². The van der Waals surface area contributed by atoms with Gasteiger partial charge in [-0.15, -0.1) is 0 Å². The molecule has 46 heavy (non-hydrogen) atoms. The van der Waals surface area contributed by atoms with Gasteiger partial charge in [-0.1, -0.05) is 78.3 Å². The van der Waals surface area contributed by atoms with E-state index in [0.29, 0.717) is 16.3 Å². The summed E-state index contributed by atoms with van der Waals surface area (Å²) in [4.78, 5) is 29.8. The van der Waals surface area contributed by atoms with Crippen molar-refractivity contribution in [2.75, 3.05) is 25.1 Å². The summed E-state index contributed by atoms with van der Waals surface area (Å²) in [6.45, 7) is 2.98. The van der Waals surface area contributed by atoms with E-state index in [0.717, 1.165) is 9.87 Å². The first-order valence-electron chi connectivity index (χ1n) is 14.7. The summed E-state index contributed by atoms with van der Waals surface area (Å²) in [5, 5.41) is 3.35. The summed E-state index contributed by atoms with van der Waals surface area (Å²) in [5.74, 6) is -0.424. The first-order valence-corrected chi connectivity index (χ1v) is 16.5. The molecule has 1 N–H and O–H groups in total. The van der Waals surface area contributed by atoms with Crippen molar-refractivity contribution in [3.63, 3.8) is 0 Å². The van der Waals surface area contributed by atoms with Crippen LogP contribution in [0, 0.1) is 0 Å². The number of nitrogens with one attached hydrogen (secondary N) is 1. The molecule has 0 heterocycles. The van der Waals surface area contributed by atoms with Gasteiger partial charge in [0.1, 0.15) is 24.1 Å². The number of anilines is 1. The van der Waals surface area contributed by atoms with Crippen molar-refractivity contribution in [3.05, 3.63) is 119 Å². The molecule has 0 bridgehead atoms. The lowest BCUT2D eigenvalue weighted by atomic mass is 10.0. The van der Waals surface area contributed by atoms with Crippen molar-refractivity contribution in [1.82, 2.24) is 10.2 Å². The highest BCUT2D eigenvalue weighted by Crippen LogP contribution is 2.36. The first kappa shape index (κ1) is 34.3. The molecule has 0 aliphatic rings. The Hall–Kier alpha value is -4.54. The molecule has 0 aliphatic carbocycles. The van der Waals surface area contributed by atoms with Gasteiger partial charge in [-0.05, 0) is 55.3 Å². The SMILES string of the molecule is COc1ccc(OC)c(N(CC(=O)N(Cc2ccccc2Cl)[C@@H](Cc2ccccc2)C(=O)NC(C)C)S(=O)(=O)c2ccccc2)c1. The van der Waals surface area contributed by atoms with Gasteiger partial charge in [0, 0.05) is 30.1 Å². The van der Waals surface area contributed by atoms with Gasteiger partial charge in [0.05, 0.1) is 24.8 Å². The van der Waals surface area contributed by atoms with E-state index in [-0.39, 0.29) is 41.2 Å². The lowest BCUT2D eigenvalue weighted by Gasteiger charge is -2.34. The van der Waals surface area contributed by atoms with E-state index in [1.165, 1.54) is 37.3 Å². The van der Waals surface area contributed by atoms with Crippen molar-refractivity contribution in [2.45, 2.75) is 43.8 Å². The fraction of sp³-hybridized carbons (Fsp3) is 0.257. The van der Waals surface area contributed by atoms with Crippen LogP contribution >= 0.6 is 11.6 Å². The Bertz CT molecular complexity index is 1740. The second kappa shape index (κ2) is 15.6. The largest absolute Gasteiger partial charge is 0.497 e. The minimum absolute atomic E-state index is 0.0243. The van der Waals surface area contributed by atoms with E-state index in [1.807, 2.05) is 44.2 Å². The van der Waals surface area contributed by atoms with Gasteiger partial charge >= 0.3 is 0 Å². The third-order valence-corrected chi connectivity index (χ3v) is 9.41. The highest BCUT2D eigenvalue weighted by atomic mass is 35.5. The Morgan fingerprint density at radius 1 is 0.848 bits per heavy atom. The first-order chi connectivity index (χ1) is 22.0. The Balaban J connectivity index is 1.87. The fourth-order valence-corrected chi connectivity index (χ4v) is 6.60. The van der Waals surface area contributed by atoms with Crippen molar-refractivity contribution >= 4 is 39.1 Å². The number of methoxy groups -OCH3 is 2. The van der Waals surface area contributed by atoms with E-state index >= 15 is 0 Å². The normalized spacial score (nSPS) is 11.9. The van der Waals surface area contributed by atoms with Crippen molar-refractivity contribution in [2.24, 2.45) is 0 Å². The van der Waals surface area contributed by atoms with Crippen LogP contribution in [-0.4, -0.2) is 58.0 Å². The van der Waals surface area contributed by atoms with Crippen molar-refractivity contribution < 1.29 is 27.5 Å². The molecule has 4 rings (SSSR count). The van der Waals surface area contributed by atoms with E-state index in [1.54, 1.807) is 54.6 Å².